The topological polar surface area (TPSA) is 79.3 Å². The number of aryl methyl sites for hydroxylation is 1. The molecule has 0 saturated heterocycles. The molecule has 1 atom stereocenters. The Labute approximate surface area is 142 Å². The fourth-order valence-corrected chi connectivity index (χ4v) is 3.65. The number of nitrogens with zero attached hydrogens (tertiary/aromatic N) is 1. The maximum absolute atomic E-state index is 13.1. The van der Waals surface area contributed by atoms with Gasteiger partial charge in [0.2, 0.25) is 5.91 Å². The van der Waals surface area contributed by atoms with Gasteiger partial charge < -0.3 is 10.4 Å². The van der Waals surface area contributed by atoms with Gasteiger partial charge in [-0.15, -0.1) is 11.3 Å². The molecule has 1 saturated carbocycles. The van der Waals surface area contributed by atoms with E-state index in [4.69, 9.17) is 5.11 Å². The van der Waals surface area contributed by atoms with Crippen molar-refractivity contribution in [3.8, 4) is 0 Å². The molecule has 24 heavy (non-hydrogen) atoms. The molecule has 1 amide bonds. The van der Waals surface area contributed by atoms with Gasteiger partial charge >= 0.3 is 5.97 Å². The Balaban J connectivity index is 1.76. The minimum absolute atomic E-state index is 0.133. The van der Waals surface area contributed by atoms with Gasteiger partial charge in [0, 0.05) is 0 Å². The minimum atomic E-state index is -1.01. The number of hydrogen-bond donors (Lipinski definition) is 2. The second kappa shape index (κ2) is 5.98. The second-order valence-corrected chi connectivity index (χ2v) is 7.09. The predicted octanol–water partition coefficient (Wildman–Crippen LogP) is 3.20. The minimum Gasteiger partial charge on any atom is -0.477 e. The molecule has 3 rings (SSSR count). The Bertz CT molecular complexity index is 797. The van der Waals surface area contributed by atoms with E-state index < -0.39 is 11.4 Å². The number of carbonyl (C=O) groups excluding carboxylic acids is 1. The molecule has 1 unspecified atom stereocenters. The van der Waals surface area contributed by atoms with Crippen LogP contribution in [0.3, 0.4) is 0 Å². The molecule has 1 heterocycles. The Kier molecular flexibility index (Phi) is 4.13. The van der Waals surface area contributed by atoms with Crippen molar-refractivity contribution in [3.63, 3.8) is 0 Å². The fraction of sp³-hybridized carbons (Fsp3) is 0.353. The molecule has 0 bridgehead atoms. The number of nitrogens with one attached hydrogen (secondary N) is 1. The molecule has 5 nitrogen and oxygen atoms in total. The molecule has 1 fully saturated rings. The van der Waals surface area contributed by atoms with Crippen LogP contribution in [0.25, 0.3) is 0 Å². The van der Waals surface area contributed by atoms with Crippen molar-refractivity contribution in [1.29, 1.82) is 0 Å². The molecule has 0 radical (unpaired) electrons. The van der Waals surface area contributed by atoms with Gasteiger partial charge in [0.05, 0.1) is 17.2 Å². The number of carbonyl (C=O) groups is 2. The average molecular weight is 348 g/mol. The molecule has 0 aliphatic heterocycles. The van der Waals surface area contributed by atoms with E-state index in [2.05, 4.69) is 10.3 Å². The van der Waals surface area contributed by atoms with Gasteiger partial charge in [0.1, 0.15) is 15.7 Å². The highest BCUT2D eigenvalue weighted by molar-refractivity contribution is 7.13. The summed E-state index contributed by atoms with van der Waals surface area (Å²) in [5.74, 6) is -1.48. The van der Waals surface area contributed by atoms with Gasteiger partial charge in [0.15, 0.2) is 0 Å². The zero-order valence-corrected chi connectivity index (χ0v) is 14.1. The zero-order chi connectivity index (χ0) is 17.5. The average Bonchev–Trinajstić information content (AvgIpc) is 3.24. The standard InChI is InChI=1S/C17H17FN2O3S/c1-9-13(15(21)22)24-14(19-9)10(2)20-16(23)17(7-8-17)11-3-5-12(18)6-4-11/h3-6,10H,7-8H2,1-2H3,(H,20,23)(H,21,22). The maximum atomic E-state index is 13.1. The number of amides is 1. The Morgan fingerprint density at radius 2 is 1.96 bits per heavy atom. The van der Waals surface area contributed by atoms with Crippen LogP contribution in [0.2, 0.25) is 0 Å². The van der Waals surface area contributed by atoms with Crippen LogP contribution in [0, 0.1) is 12.7 Å². The number of halogens is 1. The monoisotopic (exact) mass is 348 g/mol. The van der Waals surface area contributed by atoms with E-state index >= 15 is 0 Å². The lowest BCUT2D eigenvalue weighted by atomic mass is 9.94. The van der Waals surface area contributed by atoms with E-state index in [1.54, 1.807) is 26.0 Å². The molecule has 1 aromatic heterocycles. The Morgan fingerprint density at radius 3 is 2.46 bits per heavy atom. The van der Waals surface area contributed by atoms with Crippen LogP contribution in [0.5, 0.6) is 0 Å². The molecule has 126 valence electrons. The second-order valence-electron chi connectivity index (χ2n) is 6.06. The number of rotatable bonds is 5. The van der Waals surface area contributed by atoms with E-state index in [1.807, 2.05) is 0 Å². The lowest BCUT2D eigenvalue weighted by Crippen LogP contribution is -2.36. The van der Waals surface area contributed by atoms with E-state index in [0.29, 0.717) is 23.5 Å². The molecule has 7 heteroatoms. The molecule has 1 aliphatic rings. The zero-order valence-electron chi connectivity index (χ0n) is 13.3. The highest BCUT2D eigenvalue weighted by atomic mass is 32.1. The SMILES string of the molecule is Cc1nc(C(C)NC(=O)C2(c3ccc(F)cc3)CC2)sc1C(=O)O. The van der Waals surface area contributed by atoms with Gasteiger partial charge in [-0.1, -0.05) is 12.1 Å². The normalized spacial score (nSPS) is 16.5. The third-order valence-electron chi connectivity index (χ3n) is 4.31. The van der Waals surface area contributed by atoms with Gasteiger partial charge in [-0.25, -0.2) is 14.2 Å². The van der Waals surface area contributed by atoms with Crippen molar-refractivity contribution >= 4 is 23.2 Å². The number of hydrogen-bond acceptors (Lipinski definition) is 4. The highest BCUT2D eigenvalue weighted by Crippen LogP contribution is 2.48. The van der Waals surface area contributed by atoms with Crippen molar-refractivity contribution in [3.05, 3.63) is 51.2 Å². The largest absolute Gasteiger partial charge is 0.477 e. The van der Waals surface area contributed by atoms with Crippen LogP contribution in [0.4, 0.5) is 4.39 Å². The molecule has 2 aromatic rings. The predicted molar refractivity (Wildman–Crippen MR) is 87.7 cm³/mol. The number of benzene rings is 1. The third kappa shape index (κ3) is 2.91. The van der Waals surface area contributed by atoms with Crippen molar-refractivity contribution in [1.82, 2.24) is 10.3 Å². The molecule has 1 aromatic carbocycles. The van der Waals surface area contributed by atoms with Gasteiger partial charge in [-0.3, -0.25) is 4.79 Å². The molecule has 1 aliphatic carbocycles. The first-order valence-corrected chi connectivity index (χ1v) is 8.43. The van der Waals surface area contributed by atoms with Gasteiger partial charge in [-0.05, 0) is 44.4 Å². The summed E-state index contributed by atoms with van der Waals surface area (Å²) in [6.45, 7) is 3.42. The number of aromatic carboxylic acids is 1. The van der Waals surface area contributed by atoms with Crippen LogP contribution in [-0.2, 0) is 10.2 Å². The van der Waals surface area contributed by atoms with E-state index in [-0.39, 0.29) is 22.6 Å². The lowest BCUT2D eigenvalue weighted by molar-refractivity contribution is -0.124. The first-order valence-electron chi connectivity index (χ1n) is 7.61. The van der Waals surface area contributed by atoms with Gasteiger partial charge in [0.25, 0.3) is 0 Å². The summed E-state index contributed by atoms with van der Waals surface area (Å²) in [6.07, 6.45) is 1.43. The Morgan fingerprint density at radius 1 is 1.33 bits per heavy atom. The highest BCUT2D eigenvalue weighted by Gasteiger charge is 2.51. The van der Waals surface area contributed by atoms with Crippen molar-refractivity contribution in [2.75, 3.05) is 0 Å². The van der Waals surface area contributed by atoms with E-state index in [1.165, 1.54) is 12.1 Å². The van der Waals surface area contributed by atoms with E-state index in [0.717, 1.165) is 16.9 Å². The molecular formula is C17H17FN2O3S. The summed E-state index contributed by atoms with van der Waals surface area (Å²) in [6, 6.07) is 5.61. The summed E-state index contributed by atoms with van der Waals surface area (Å²) in [4.78, 5) is 28.2. The quantitative estimate of drug-likeness (QED) is 0.870. The summed E-state index contributed by atoms with van der Waals surface area (Å²) in [5, 5.41) is 12.6. The summed E-state index contributed by atoms with van der Waals surface area (Å²) in [7, 11) is 0. The fourth-order valence-electron chi connectivity index (χ4n) is 2.74. The summed E-state index contributed by atoms with van der Waals surface area (Å²) < 4.78 is 13.1. The number of carboxylic acids is 1. The van der Waals surface area contributed by atoms with Crippen LogP contribution < -0.4 is 5.32 Å². The van der Waals surface area contributed by atoms with Crippen molar-refractivity contribution < 1.29 is 19.1 Å². The number of aromatic nitrogens is 1. The van der Waals surface area contributed by atoms with Crippen molar-refractivity contribution in [2.45, 2.75) is 38.1 Å². The van der Waals surface area contributed by atoms with Crippen LogP contribution in [0.1, 0.15) is 51.7 Å². The van der Waals surface area contributed by atoms with Crippen molar-refractivity contribution in [2.24, 2.45) is 0 Å². The maximum Gasteiger partial charge on any atom is 0.347 e. The smallest absolute Gasteiger partial charge is 0.347 e. The van der Waals surface area contributed by atoms with Crippen LogP contribution >= 0.6 is 11.3 Å². The molecule has 2 N–H and O–H groups in total. The van der Waals surface area contributed by atoms with E-state index in [9.17, 15) is 14.0 Å². The molecular weight excluding hydrogens is 331 g/mol. The first-order chi connectivity index (χ1) is 11.3. The lowest BCUT2D eigenvalue weighted by Gasteiger charge is -2.19. The number of thiazole rings is 1. The number of carboxylic acid groups (broad SMARTS) is 1. The van der Waals surface area contributed by atoms with Gasteiger partial charge in [-0.2, -0.15) is 0 Å². The van der Waals surface area contributed by atoms with Crippen LogP contribution in [0.15, 0.2) is 24.3 Å². The Hall–Kier alpha value is -2.28. The molecule has 0 spiro atoms. The summed E-state index contributed by atoms with van der Waals surface area (Å²) in [5.41, 5.74) is 0.641. The van der Waals surface area contributed by atoms with Crippen LogP contribution in [-0.4, -0.2) is 22.0 Å². The first kappa shape index (κ1) is 16.6. The summed E-state index contributed by atoms with van der Waals surface area (Å²) >= 11 is 1.07. The third-order valence-corrected chi connectivity index (χ3v) is 5.63.